The van der Waals surface area contributed by atoms with E-state index in [2.05, 4.69) is 40.1 Å². The van der Waals surface area contributed by atoms with E-state index in [-0.39, 0.29) is 23.8 Å². The Hall–Kier alpha value is -1.96. The number of nitrogens with one attached hydrogen (secondary N) is 3. The molecular formula is C24H37N5O2. The highest BCUT2D eigenvalue weighted by Crippen LogP contribution is 2.25. The number of carbonyl (C=O) groups excluding carboxylic acids is 2. The Morgan fingerprint density at radius 1 is 1.06 bits per heavy atom. The summed E-state index contributed by atoms with van der Waals surface area (Å²) in [7, 11) is 0. The zero-order chi connectivity index (χ0) is 21.6. The first kappa shape index (κ1) is 22.2. The van der Waals surface area contributed by atoms with Gasteiger partial charge in [0, 0.05) is 38.3 Å². The number of amides is 2. The summed E-state index contributed by atoms with van der Waals surface area (Å²) >= 11 is 0. The van der Waals surface area contributed by atoms with Crippen LogP contribution in [0.1, 0.15) is 44.6 Å². The molecule has 0 aliphatic carbocycles. The lowest BCUT2D eigenvalue weighted by Gasteiger charge is -2.42. The van der Waals surface area contributed by atoms with Crippen LogP contribution in [0, 0.1) is 5.92 Å². The van der Waals surface area contributed by atoms with Crippen molar-refractivity contribution in [1.29, 1.82) is 0 Å². The SMILES string of the molecule is CC1CC(C(=O)N2CCC(N3CCCC(C(=O)NCCc4ccccc4)C3)CC2)NN1. The summed E-state index contributed by atoms with van der Waals surface area (Å²) in [5.41, 5.74) is 7.53. The molecule has 1 aromatic rings. The van der Waals surface area contributed by atoms with Crippen LogP contribution < -0.4 is 16.2 Å². The molecule has 2 amide bonds. The average Bonchev–Trinajstić information content (AvgIpc) is 3.25. The summed E-state index contributed by atoms with van der Waals surface area (Å²) in [5.74, 6) is 0.506. The maximum atomic E-state index is 12.7. The molecule has 7 heteroatoms. The van der Waals surface area contributed by atoms with E-state index in [0.29, 0.717) is 18.6 Å². The molecule has 4 rings (SSSR count). The van der Waals surface area contributed by atoms with Crippen molar-refractivity contribution in [2.45, 2.75) is 63.6 Å². The maximum absolute atomic E-state index is 12.7. The van der Waals surface area contributed by atoms with Crippen molar-refractivity contribution in [2.75, 3.05) is 32.7 Å². The van der Waals surface area contributed by atoms with Gasteiger partial charge in [0.25, 0.3) is 0 Å². The Morgan fingerprint density at radius 3 is 2.55 bits per heavy atom. The molecule has 0 aromatic heterocycles. The van der Waals surface area contributed by atoms with E-state index in [1.807, 2.05) is 23.1 Å². The zero-order valence-corrected chi connectivity index (χ0v) is 18.7. The summed E-state index contributed by atoms with van der Waals surface area (Å²) in [4.78, 5) is 30.0. The fourth-order valence-electron chi connectivity index (χ4n) is 5.22. The molecule has 3 unspecified atom stereocenters. The van der Waals surface area contributed by atoms with E-state index < -0.39 is 0 Å². The topological polar surface area (TPSA) is 76.7 Å². The summed E-state index contributed by atoms with van der Waals surface area (Å²) in [6.07, 6.45) is 5.79. The summed E-state index contributed by atoms with van der Waals surface area (Å²) in [5, 5.41) is 3.15. The van der Waals surface area contributed by atoms with Crippen molar-refractivity contribution in [1.82, 2.24) is 26.0 Å². The number of carbonyl (C=O) groups is 2. The Morgan fingerprint density at radius 2 is 1.84 bits per heavy atom. The molecule has 0 bridgehead atoms. The largest absolute Gasteiger partial charge is 0.355 e. The van der Waals surface area contributed by atoms with Crippen LogP contribution in [0.5, 0.6) is 0 Å². The molecule has 3 atom stereocenters. The Labute approximate surface area is 185 Å². The van der Waals surface area contributed by atoms with Gasteiger partial charge in [-0.2, -0.15) is 0 Å². The number of hydrogen-bond donors (Lipinski definition) is 3. The first-order chi connectivity index (χ1) is 15.1. The van der Waals surface area contributed by atoms with E-state index in [1.165, 1.54) is 5.56 Å². The molecule has 1 aromatic carbocycles. The minimum atomic E-state index is -0.0921. The summed E-state index contributed by atoms with van der Waals surface area (Å²) < 4.78 is 0. The molecule has 3 N–H and O–H groups in total. The molecule has 0 saturated carbocycles. The monoisotopic (exact) mass is 427 g/mol. The van der Waals surface area contributed by atoms with Crippen molar-refractivity contribution in [3.63, 3.8) is 0 Å². The molecule has 170 valence electrons. The van der Waals surface area contributed by atoms with Crippen molar-refractivity contribution >= 4 is 11.8 Å². The highest BCUT2D eigenvalue weighted by atomic mass is 16.2. The molecule has 3 fully saturated rings. The van der Waals surface area contributed by atoms with Gasteiger partial charge in [-0.1, -0.05) is 30.3 Å². The van der Waals surface area contributed by atoms with E-state index in [9.17, 15) is 9.59 Å². The van der Waals surface area contributed by atoms with Crippen LogP contribution in [0.3, 0.4) is 0 Å². The van der Waals surface area contributed by atoms with Gasteiger partial charge in [-0.15, -0.1) is 0 Å². The van der Waals surface area contributed by atoms with Gasteiger partial charge in [-0.25, -0.2) is 5.43 Å². The quantitative estimate of drug-likeness (QED) is 0.638. The fourth-order valence-corrected chi connectivity index (χ4v) is 5.22. The van der Waals surface area contributed by atoms with Crippen molar-refractivity contribution < 1.29 is 9.59 Å². The fraction of sp³-hybridized carbons (Fsp3) is 0.667. The Kier molecular flexibility index (Phi) is 7.58. The normalized spacial score (nSPS) is 27.9. The smallest absolute Gasteiger partial charge is 0.241 e. The second kappa shape index (κ2) is 10.6. The Bertz CT molecular complexity index is 735. The van der Waals surface area contributed by atoms with Gasteiger partial charge in [0.15, 0.2) is 0 Å². The number of rotatable bonds is 6. The van der Waals surface area contributed by atoms with Gasteiger partial charge in [0.2, 0.25) is 11.8 Å². The second-order valence-corrected chi connectivity index (χ2v) is 9.40. The lowest BCUT2D eigenvalue weighted by molar-refractivity contribution is -0.135. The number of nitrogens with zero attached hydrogens (tertiary/aromatic N) is 2. The molecule has 0 spiro atoms. The van der Waals surface area contributed by atoms with Crippen LogP contribution in [0.4, 0.5) is 0 Å². The Balaban J connectivity index is 1.20. The lowest BCUT2D eigenvalue weighted by Crippen LogP contribution is -2.54. The van der Waals surface area contributed by atoms with E-state index in [1.54, 1.807) is 0 Å². The van der Waals surface area contributed by atoms with Crippen LogP contribution in [0.25, 0.3) is 0 Å². The predicted molar refractivity (Wildman–Crippen MR) is 121 cm³/mol. The number of likely N-dealkylation sites (tertiary alicyclic amines) is 2. The van der Waals surface area contributed by atoms with E-state index in [4.69, 9.17) is 0 Å². The molecule has 3 saturated heterocycles. The van der Waals surface area contributed by atoms with Gasteiger partial charge >= 0.3 is 0 Å². The number of benzene rings is 1. The number of hydrogen-bond acceptors (Lipinski definition) is 5. The van der Waals surface area contributed by atoms with Crippen LogP contribution in [-0.4, -0.2) is 72.5 Å². The molecule has 0 radical (unpaired) electrons. The predicted octanol–water partition coefficient (Wildman–Crippen LogP) is 1.30. The molecule has 31 heavy (non-hydrogen) atoms. The molecular weight excluding hydrogens is 390 g/mol. The van der Waals surface area contributed by atoms with Crippen LogP contribution in [0.2, 0.25) is 0 Å². The van der Waals surface area contributed by atoms with Gasteiger partial charge in [0.1, 0.15) is 6.04 Å². The van der Waals surface area contributed by atoms with Gasteiger partial charge in [-0.05, 0) is 57.6 Å². The number of piperidine rings is 2. The molecule has 3 heterocycles. The highest BCUT2D eigenvalue weighted by Gasteiger charge is 2.35. The summed E-state index contributed by atoms with van der Waals surface area (Å²) in [6.45, 7) is 6.35. The third-order valence-electron chi connectivity index (χ3n) is 7.06. The lowest BCUT2D eigenvalue weighted by atomic mass is 9.93. The minimum absolute atomic E-state index is 0.0828. The van der Waals surface area contributed by atoms with Gasteiger partial charge in [-0.3, -0.25) is 19.9 Å². The first-order valence-corrected chi connectivity index (χ1v) is 12.0. The third kappa shape index (κ3) is 5.84. The third-order valence-corrected chi connectivity index (χ3v) is 7.06. The first-order valence-electron chi connectivity index (χ1n) is 12.0. The minimum Gasteiger partial charge on any atom is -0.355 e. The standard InChI is InChI=1S/C24H37N5O2/c1-18-16-22(27-26-18)24(31)28-14-10-21(11-15-28)29-13-5-8-20(17-29)23(30)25-12-9-19-6-3-2-4-7-19/h2-4,6-7,18,20-22,26-27H,5,8-17H2,1H3,(H,25,30). The summed E-state index contributed by atoms with van der Waals surface area (Å²) in [6, 6.07) is 11.0. The van der Waals surface area contributed by atoms with Gasteiger partial charge in [0.05, 0.1) is 5.92 Å². The van der Waals surface area contributed by atoms with Crippen LogP contribution in [-0.2, 0) is 16.0 Å². The zero-order valence-electron chi connectivity index (χ0n) is 18.7. The maximum Gasteiger partial charge on any atom is 0.241 e. The number of hydrazine groups is 1. The van der Waals surface area contributed by atoms with Crippen LogP contribution >= 0.6 is 0 Å². The second-order valence-electron chi connectivity index (χ2n) is 9.40. The average molecular weight is 428 g/mol. The molecule has 3 aliphatic rings. The highest BCUT2D eigenvalue weighted by molar-refractivity contribution is 5.82. The molecule has 7 nitrogen and oxygen atoms in total. The van der Waals surface area contributed by atoms with Crippen LogP contribution in [0.15, 0.2) is 30.3 Å². The van der Waals surface area contributed by atoms with E-state index >= 15 is 0 Å². The van der Waals surface area contributed by atoms with Crippen molar-refractivity contribution in [3.8, 4) is 0 Å². The van der Waals surface area contributed by atoms with E-state index in [0.717, 1.165) is 64.7 Å². The van der Waals surface area contributed by atoms with Crippen molar-refractivity contribution in [2.24, 2.45) is 5.92 Å². The van der Waals surface area contributed by atoms with Crippen molar-refractivity contribution in [3.05, 3.63) is 35.9 Å². The van der Waals surface area contributed by atoms with Gasteiger partial charge < -0.3 is 10.2 Å². The molecule has 3 aliphatic heterocycles.